The van der Waals surface area contributed by atoms with Crippen molar-refractivity contribution in [3.05, 3.63) is 95.1 Å². The van der Waals surface area contributed by atoms with E-state index in [1.165, 1.54) is 4.31 Å². The van der Waals surface area contributed by atoms with Crippen LogP contribution >= 0.6 is 0 Å². The smallest absolute Gasteiger partial charge is 0.241 e. The fraction of sp³-hybridized carbons (Fsp3) is 0.296. The molecular weight excluding hydrogens is 464 g/mol. The molecule has 35 heavy (non-hydrogen) atoms. The Morgan fingerprint density at radius 3 is 2.34 bits per heavy atom. The third-order valence-electron chi connectivity index (χ3n) is 6.18. The lowest BCUT2D eigenvalue weighted by Crippen LogP contribution is -2.52. The van der Waals surface area contributed by atoms with Gasteiger partial charge in [-0.15, -0.1) is 0 Å². The van der Waals surface area contributed by atoms with E-state index in [0.29, 0.717) is 31.1 Å². The lowest BCUT2D eigenvalue weighted by Gasteiger charge is -2.36. The maximum absolute atomic E-state index is 13.4. The highest BCUT2D eigenvalue weighted by molar-refractivity contribution is 7.88. The van der Waals surface area contributed by atoms with Gasteiger partial charge in [-0.1, -0.05) is 60.7 Å². The molecule has 1 aliphatic rings. The Labute approximate surface area is 206 Å². The van der Waals surface area contributed by atoms with Gasteiger partial charge in [-0.3, -0.25) is 4.79 Å². The number of hydrogen-bond acceptors (Lipinski definition) is 5. The molecule has 0 radical (unpaired) electrons. The SMILES string of the molecule is COc1cc(CN(C)C(=O)[C@H]2Cc3ccccc3CN2S(C)(=O)=O)ccc1OCc1ccccc1. The summed E-state index contributed by atoms with van der Waals surface area (Å²) in [7, 11) is -0.299. The number of methoxy groups -OCH3 is 1. The minimum atomic E-state index is -3.57. The van der Waals surface area contributed by atoms with Crippen LogP contribution in [0.4, 0.5) is 0 Å². The first kappa shape index (κ1) is 24.8. The van der Waals surface area contributed by atoms with E-state index < -0.39 is 16.1 Å². The Morgan fingerprint density at radius 2 is 1.66 bits per heavy atom. The maximum atomic E-state index is 13.4. The van der Waals surface area contributed by atoms with Crippen LogP contribution in [0.5, 0.6) is 11.5 Å². The standard InChI is InChI=1S/C27H30N2O5S/c1-28(27(30)24-16-22-11-7-8-12-23(22)18-29(24)35(3,31)32)17-21-13-14-25(26(15-21)33-2)34-19-20-9-5-4-6-10-20/h4-15,24H,16-19H2,1-3H3/t24-/m1/s1. The van der Waals surface area contributed by atoms with Crippen LogP contribution in [0.15, 0.2) is 72.8 Å². The van der Waals surface area contributed by atoms with Crippen molar-refractivity contribution in [1.82, 2.24) is 9.21 Å². The molecular formula is C27H30N2O5S. The highest BCUT2D eigenvalue weighted by atomic mass is 32.2. The summed E-state index contributed by atoms with van der Waals surface area (Å²) in [6.07, 6.45) is 1.50. The summed E-state index contributed by atoms with van der Waals surface area (Å²) in [4.78, 5) is 15.0. The van der Waals surface area contributed by atoms with Crippen molar-refractivity contribution in [2.24, 2.45) is 0 Å². The number of rotatable bonds is 8. The second-order valence-electron chi connectivity index (χ2n) is 8.75. The molecule has 1 heterocycles. The van der Waals surface area contributed by atoms with Gasteiger partial charge in [0, 0.05) is 20.1 Å². The quantitative estimate of drug-likeness (QED) is 0.478. The van der Waals surface area contributed by atoms with Crippen molar-refractivity contribution in [3.8, 4) is 11.5 Å². The summed E-state index contributed by atoms with van der Waals surface area (Å²) in [5.41, 5.74) is 3.83. The summed E-state index contributed by atoms with van der Waals surface area (Å²) in [5.74, 6) is 0.943. The Kier molecular flexibility index (Phi) is 7.42. The van der Waals surface area contributed by atoms with E-state index in [1.54, 1.807) is 19.1 Å². The summed E-state index contributed by atoms with van der Waals surface area (Å²) in [5, 5.41) is 0. The zero-order valence-electron chi connectivity index (χ0n) is 20.2. The van der Waals surface area contributed by atoms with Gasteiger partial charge in [0.25, 0.3) is 0 Å². The summed E-state index contributed by atoms with van der Waals surface area (Å²) >= 11 is 0. The second-order valence-corrected chi connectivity index (χ2v) is 10.7. The van der Waals surface area contributed by atoms with Gasteiger partial charge in [0.1, 0.15) is 12.6 Å². The summed E-state index contributed by atoms with van der Waals surface area (Å²) in [6.45, 7) is 0.920. The molecule has 0 fully saturated rings. The molecule has 0 unspecified atom stereocenters. The average molecular weight is 495 g/mol. The third kappa shape index (κ3) is 5.83. The number of amides is 1. The van der Waals surface area contributed by atoms with Crippen LogP contribution in [0, 0.1) is 0 Å². The molecule has 0 N–H and O–H groups in total. The van der Waals surface area contributed by atoms with E-state index in [-0.39, 0.29) is 12.5 Å². The number of carbonyl (C=O) groups excluding carboxylic acids is 1. The molecule has 1 atom stereocenters. The lowest BCUT2D eigenvalue weighted by atomic mass is 9.95. The Balaban J connectivity index is 1.48. The normalized spacial score (nSPS) is 15.8. The second kappa shape index (κ2) is 10.5. The Morgan fingerprint density at radius 1 is 0.971 bits per heavy atom. The molecule has 1 amide bonds. The highest BCUT2D eigenvalue weighted by Gasteiger charge is 2.38. The van der Waals surface area contributed by atoms with Crippen molar-refractivity contribution in [3.63, 3.8) is 0 Å². The number of likely N-dealkylation sites (N-methyl/N-ethyl adjacent to an activating group) is 1. The van der Waals surface area contributed by atoms with Crippen LogP contribution in [-0.4, -0.2) is 50.0 Å². The summed E-state index contributed by atoms with van der Waals surface area (Å²) in [6, 6.07) is 22.3. The van der Waals surface area contributed by atoms with E-state index in [0.717, 1.165) is 28.5 Å². The largest absolute Gasteiger partial charge is 0.493 e. The van der Waals surface area contributed by atoms with Gasteiger partial charge in [0.2, 0.25) is 15.9 Å². The zero-order valence-corrected chi connectivity index (χ0v) is 21.0. The van der Waals surface area contributed by atoms with Crippen molar-refractivity contribution < 1.29 is 22.7 Å². The molecule has 0 aliphatic carbocycles. The lowest BCUT2D eigenvalue weighted by molar-refractivity contribution is -0.135. The number of benzene rings is 3. The molecule has 4 rings (SSSR count). The van der Waals surface area contributed by atoms with E-state index in [1.807, 2.05) is 72.8 Å². The van der Waals surface area contributed by atoms with E-state index >= 15 is 0 Å². The Bertz CT molecular complexity index is 1290. The van der Waals surface area contributed by atoms with Crippen LogP contribution in [0.2, 0.25) is 0 Å². The number of fused-ring (bicyclic) bond motifs is 1. The van der Waals surface area contributed by atoms with Gasteiger partial charge in [-0.25, -0.2) is 8.42 Å². The maximum Gasteiger partial charge on any atom is 0.241 e. The van der Waals surface area contributed by atoms with Crippen LogP contribution in [0.1, 0.15) is 22.3 Å². The van der Waals surface area contributed by atoms with Gasteiger partial charge in [0.05, 0.1) is 13.4 Å². The molecule has 0 spiro atoms. The van der Waals surface area contributed by atoms with Crippen LogP contribution in [0.3, 0.4) is 0 Å². The average Bonchev–Trinajstić information content (AvgIpc) is 2.86. The highest BCUT2D eigenvalue weighted by Crippen LogP contribution is 2.30. The third-order valence-corrected chi connectivity index (χ3v) is 7.41. The zero-order chi connectivity index (χ0) is 25.0. The van der Waals surface area contributed by atoms with Gasteiger partial charge in [-0.05, 0) is 40.8 Å². The molecule has 0 bridgehead atoms. The topological polar surface area (TPSA) is 76.2 Å². The number of carbonyl (C=O) groups is 1. The summed E-state index contributed by atoms with van der Waals surface area (Å²) < 4.78 is 37.7. The minimum absolute atomic E-state index is 0.195. The van der Waals surface area contributed by atoms with E-state index in [4.69, 9.17) is 9.47 Å². The molecule has 1 aliphatic heterocycles. The number of hydrogen-bond donors (Lipinski definition) is 0. The number of ether oxygens (including phenoxy) is 2. The molecule has 0 saturated carbocycles. The molecule has 3 aromatic rings. The minimum Gasteiger partial charge on any atom is -0.493 e. The van der Waals surface area contributed by atoms with Crippen LogP contribution in [0.25, 0.3) is 0 Å². The van der Waals surface area contributed by atoms with Crippen molar-refractivity contribution in [1.29, 1.82) is 0 Å². The van der Waals surface area contributed by atoms with E-state index in [2.05, 4.69) is 0 Å². The van der Waals surface area contributed by atoms with Crippen molar-refractivity contribution in [2.75, 3.05) is 20.4 Å². The van der Waals surface area contributed by atoms with Crippen LogP contribution < -0.4 is 9.47 Å². The van der Waals surface area contributed by atoms with Gasteiger partial charge < -0.3 is 14.4 Å². The molecule has 8 heteroatoms. The molecule has 0 saturated heterocycles. The predicted molar refractivity (Wildman–Crippen MR) is 135 cm³/mol. The fourth-order valence-corrected chi connectivity index (χ4v) is 5.33. The molecule has 7 nitrogen and oxygen atoms in total. The molecule has 0 aromatic heterocycles. The Hall–Kier alpha value is -3.36. The van der Waals surface area contributed by atoms with Crippen LogP contribution in [-0.2, 0) is 40.9 Å². The number of nitrogens with zero attached hydrogens (tertiary/aromatic N) is 2. The van der Waals surface area contributed by atoms with Crippen molar-refractivity contribution in [2.45, 2.75) is 32.2 Å². The first-order valence-corrected chi connectivity index (χ1v) is 13.2. The van der Waals surface area contributed by atoms with E-state index in [9.17, 15) is 13.2 Å². The number of sulfonamides is 1. The molecule has 184 valence electrons. The van der Waals surface area contributed by atoms with Gasteiger partial charge in [0.15, 0.2) is 11.5 Å². The predicted octanol–water partition coefficient (Wildman–Crippen LogP) is 3.62. The van der Waals surface area contributed by atoms with Gasteiger partial charge in [-0.2, -0.15) is 4.31 Å². The molecule has 3 aromatic carbocycles. The monoisotopic (exact) mass is 494 g/mol. The fourth-order valence-electron chi connectivity index (χ4n) is 4.33. The first-order chi connectivity index (χ1) is 16.8. The van der Waals surface area contributed by atoms with Crippen molar-refractivity contribution >= 4 is 15.9 Å². The first-order valence-electron chi connectivity index (χ1n) is 11.4. The van der Waals surface area contributed by atoms with Gasteiger partial charge >= 0.3 is 0 Å².